The van der Waals surface area contributed by atoms with Gasteiger partial charge in [0.25, 0.3) is 0 Å². The Balaban J connectivity index is 2.16. The van der Waals surface area contributed by atoms with Crippen LogP contribution >= 0.6 is 11.3 Å². The van der Waals surface area contributed by atoms with E-state index in [9.17, 15) is 0 Å². The standard InChI is InChI=1S/C15H27NS/c1-5-14-9-10-15(17-14)11-16-13(4)8-6-7-12(2)3/h9-10,12-13,16H,5-8,11H2,1-4H3. The molecule has 0 aliphatic heterocycles. The molecule has 17 heavy (non-hydrogen) atoms. The van der Waals surface area contributed by atoms with Crippen LogP contribution in [0.15, 0.2) is 12.1 Å². The van der Waals surface area contributed by atoms with Crippen LogP contribution in [0.2, 0.25) is 0 Å². The van der Waals surface area contributed by atoms with Gasteiger partial charge in [-0.2, -0.15) is 0 Å². The third kappa shape index (κ3) is 6.23. The van der Waals surface area contributed by atoms with Gasteiger partial charge in [0.1, 0.15) is 0 Å². The van der Waals surface area contributed by atoms with Gasteiger partial charge in [-0.05, 0) is 37.8 Å². The first-order valence-corrected chi connectivity index (χ1v) is 7.74. The lowest BCUT2D eigenvalue weighted by molar-refractivity contribution is 0.458. The zero-order valence-corrected chi connectivity index (χ0v) is 12.6. The van der Waals surface area contributed by atoms with Gasteiger partial charge >= 0.3 is 0 Å². The maximum Gasteiger partial charge on any atom is 0.0302 e. The lowest BCUT2D eigenvalue weighted by atomic mass is 10.0. The van der Waals surface area contributed by atoms with Crippen LogP contribution in [-0.4, -0.2) is 6.04 Å². The van der Waals surface area contributed by atoms with Gasteiger partial charge in [0.05, 0.1) is 0 Å². The molecule has 1 atom stereocenters. The molecule has 1 heterocycles. The Labute approximate surface area is 111 Å². The van der Waals surface area contributed by atoms with Crippen LogP contribution in [0.5, 0.6) is 0 Å². The molecule has 0 saturated carbocycles. The van der Waals surface area contributed by atoms with E-state index < -0.39 is 0 Å². The molecule has 0 spiro atoms. The number of nitrogens with one attached hydrogen (secondary N) is 1. The molecule has 1 unspecified atom stereocenters. The van der Waals surface area contributed by atoms with Crippen LogP contribution in [0.25, 0.3) is 0 Å². The minimum absolute atomic E-state index is 0.640. The summed E-state index contributed by atoms with van der Waals surface area (Å²) in [6.45, 7) is 10.2. The monoisotopic (exact) mass is 253 g/mol. The lowest BCUT2D eigenvalue weighted by Gasteiger charge is -2.13. The normalized spacial score (nSPS) is 13.2. The first kappa shape index (κ1) is 14.7. The average Bonchev–Trinajstić information content (AvgIpc) is 2.73. The van der Waals surface area contributed by atoms with Gasteiger partial charge in [0.15, 0.2) is 0 Å². The van der Waals surface area contributed by atoms with Crippen LogP contribution in [0.3, 0.4) is 0 Å². The summed E-state index contributed by atoms with van der Waals surface area (Å²) in [5.41, 5.74) is 0. The molecule has 0 fully saturated rings. The molecule has 1 N–H and O–H groups in total. The van der Waals surface area contributed by atoms with E-state index in [4.69, 9.17) is 0 Å². The highest BCUT2D eigenvalue weighted by Gasteiger charge is 2.04. The predicted molar refractivity (Wildman–Crippen MR) is 78.7 cm³/mol. The highest BCUT2D eigenvalue weighted by atomic mass is 32.1. The fraction of sp³-hybridized carbons (Fsp3) is 0.733. The number of hydrogen-bond acceptors (Lipinski definition) is 2. The van der Waals surface area contributed by atoms with E-state index in [1.807, 2.05) is 11.3 Å². The Morgan fingerprint density at radius 3 is 2.41 bits per heavy atom. The highest BCUT2D eigenvalue weighted by Crippen LogP contribution is 2.17. The first-order valence-electron chi connectivity index (χ1n) is 6.92. The molecule has 0 aliphatic carbocycles. The Hall–Kier alpha value is -0.340. The number of hydrogen-bond donors (Lipinski definition) is 1. The van der Waals surface area contributed by atoms with E-state index in [0.717, 1.165) is 18.9 Å². The molecule has 2 heteroatoms. The number of rotatable bonds is 8. The van der Waals surface area contributed by atoms with Crippen LogP contribution in [-0.2, 0) is 13.0 Å². The zero-order valence-electron chi connectivity index (χ0n) is 11.8. The topological polar surface area (TPSA) is 12.0 Å². The van der Waals surface area contributed by atoms with Gasteiger partial charge < -0.3 is 5.32 Å². The van der Waals surface area contributed by atoms with E-state index in [2.05, 4.69) is 45.1 Å². The quantitative estimate of drug-likeness (QED) is 0.713. The van der Waals surface area contributed by atoms with Gasteiger partial charge in [-0.15, -0.1) is 11.3 Å². The maximum atomic E-state index is 3.62. The predicted octanol–water partition coefficient (Wildman–Crippen LogP) is 4.61. The molecule has 0 amide bonds. The van der Waals surface area contributed by atoms with Crippen molar-refractivity contribution >= 4 is 11.3 Å². The van der Waals surface area contributed by atoms with Crippen molar-refractivity contribution in [1.29, 1.82) is 0 Å². The summed E-state index contributed by atoms with van der Waals surface area (Å²) in [4.78, 5) is 2.96. The summed E-state index contributed by atoms with van der Waals surface area (Å²) in [5.74, 6) is 0.839. The van der Waals surface area contributed by atoms with Crippen molar-refractivity contribution in [3.8, 4) is 0 Å². The van der Waals surface area contributed by atoms with Crippen LogP contribution in [0.4, 0.5) is 0 Å². The summed E-state index contributed by atoms with van der Waals surface area (Å²) in [6, 6.07) is 5.16. The Morgan fingerprint density at radius 2 is 1.82 bits per heavy atom. The number of thiophene rings is 1. The summed E-state index contributed by atoms with van der Waals surface area (Å²) >= 11 is 1.94. The van der Waals surface area contributed by atoms with E-state index in [0.29, 0.717) is 6.04 Å². The summed E-state index contributed by atoms with van der Waals surface area (Å²) < 4.78 is 0. The summed E-state index contributed by atoms with van der Waals surface area (Å²) in [7, 11) is 0. The fourth-order valence-corrected chi connectivity index (χ4v) is 2.83. The molecule has 0 bridgehead atoms. The largest absolute Gasteiger partial charge is 0.309 e. The molecule has 1 rings (SSSR count). The molecule has 98 valence electrons. The van der Waals surface area contributed by atoms with E-state index in [-0.39, 0.29) is 0 Å². The van der Waals surface area contributed by atoms with Gasteiger partial charge in [0.2, 0.25) is 0 Å². The minimum Gasteiger partial charge on any atom is -0.309 e. The zero-order chi connectivity index (χ0) is 12.7. The molecule has 0 saturated heterocycles. The Bertz CT molecular complexity index is 304. The Kier molecular flexibility index (Phi) is 6.83. The highest BCUT2D eigenvalue weighted by molar-refractivity contribution is 7.11. The third-order valence-electron chi connectivity index (χ3n) is 3.11. The SMILES string of the molecule is CCc1ccc(CNC(C)CCCC(C)C)s1. The fourth-order valence-electron chi connectivity index (χ4n) is 1.92. The van der Waals surface area contributed by atoms with E-state index in [1.165, 1.54) is 29.0 Å². The van der Waals surface area contributed by atoms with Crippen molar-refractivity contribution in [2.45, 2.75) is 66.0 Å². The molecule has 1 nitrogen and oxygen atoms in total. The van der Waals surface area contributed by atoms with Gasteiger partial charge in [0, 0.05) is 22.3 Å². The molecular formula is C15H27NS. The van der Waals surface area contributed by atoms with Gasteiger partial charge in [-0.25, -0.2) is 0 Å². The van der Waals surface area contributed by atoms with E-state index in [1.54, 1.807) is 0 Å². The van der Waals surface area contributed by atoms with Crippen molar-refractivity contribution in [2.75, 3.05) is 0 Å². The molecule has 0 radical (unpaired) electrons. The van der Waals surface area contributed by atoms with Crippen molar-refractivity contribution in [3.63, 3.8) is 0 Å². The molecule has 1 aromatic heterocycles. The molecular weight excluding hydrogens is 226 g/mol. The van der Waals surface area contributed by atoms with Crippen molar-refractivity contribution in [3.05, 3.63) is 21.9 Å². The molecule has 1 aromatic rings. The second-order valence-corrected chi connectivity index (χ2v) is 6.58. The molecule has 0 aliphatic rings. The van der Waals surface area contributed by atoms with Crippen molar-refractivity contribution in [1.82, 2.24) is 5.32 Å². The van der Waals surface area contributed by atoms with E-state index >= 15 is 0 Å². The second-order valence-electron chi connectivity index (χ2n) is 5.33. The third-order valence-corrected chi connectivity index (χ3v) is 4.34. The summed E-state index contributed by atoms with van der Waals surface area (Å²) in [5, 5.41) is 3.62. The second kappa shape index (κ2) is 7.88. The van der Waals surface area contributed by atoms with Crippen LogP contribution in [0.1, 0.15) is 56.7 Å². The van der Waals surface area contributed by atoms with Crippen molar-refractivity contribution in [2.24, 2.45) is 5.92 Å². The van der Waals surface area contributed by atoms with Gasteiger partial charge in [-0.1, -0.05) is 33.6 Å². The lowest BCUT2D eigenvalue weighted by Crippen LogP contribution is -2.24. The smallest absolute Gasteiger partial charge is 0.0302 e. The minimum atomic E-state index is 0.640. The molecule has 0 aromatic carbocycles. The summed E-state index contributed by atoms with van der Waals surface area (Å²) in [6.07, 6.45) is 5.15. The van der Waals surface area contributed by atoms with Gasteiger partial charge in [-0.3, -0.25) is 0 Å². The van der Waals surface area contributed by atoms with Crippen LogP contribution < -0.4 is 5.32 Å². The number of aryl methyl sites for hydroxylation is 1. The van der Waals surface area contributed by atoms with Crippen molar-refractivity contribution < 1.29 is 0 Å². The maximum absolute atomic E-state index is 3.62. The average molecular weight is 253 g/mol. The van der Waals surface area contributed by atoms with Crippen LogP contribution in [0, 0.1) is 5.92 Å². The Morgan fingerprint density at radius 1 is 1.12 bits per heavy atom. The first-order chi connectivity index (χ1) is 8.11.